The molecule has 0 bridgehead atoms. The quantitative estimate of drug-likeness (QED) is 0.413. The van der Waals surface area contributed by atoms with Gasteiger partial charge in [0.25, 0.3) is 0 Å². The van der Waals surface area contributed by atoms with E-state index in [4.69, 9.17) is 0 Å². The average Bonchev–Trinajstić information content (AvgIpc) is 1.61. The summed E-state index contributed by atoms with van der Waals surface area (Å²) < 4.78 is 0. The summed E-state index contributed by atoms with van der Waals surface area (Å²) in [5.74, 6) is 0. The molecule has 0 rings (SSSR count). The van der Waals surface area contributed by atoms with Gasteiger partial charge >= 0.3 is 0 Å². The van der Waals surface area contributed by atoms with E-state index in [1.165, 1.54) is 6.92 Å². The average molecular weight is 104 g/mol. The van der Waals surface area contributed by atoms with Gasteiger partial charge in [-0.1, -0.05) is 6.92 Å². The standard InChI is InChI=1S/C4H10NO2/c1-3-5-7-4(2)6/h4-5H,3H2,1-2H3. The second-order valence-corrected chi connectivity index (χ2v) is 1.18. The van der Waals surface area contributed by atoms with Crippen molar-refractivity contribution in [1.29, 1.82) is 0 Å². The summed E-state index contributed by atoms with van der Waals surface area (Å²) in [5.41, 5.74) is 2.44. The van der Waals surface area contributed by atoms with Crippen molar-refractivity contribution in [3.05, 3.63) is 0 Å². The lowest BCUT2D eigenvalue weighted by atomic mass is 10.8. The maximum absolute atomic E-state index is 10.0. The van der Waals surface area contributed by atoms with Crippen LogP contribution in [0.15, 0.2) is 0 Å². The van der Waals surface area contributed by atoms with Crippen LogP contribution in [0.1, 0.15) is 13.8 Å². The molecule has 0 aromatic carbocycles. The molecule has 0 heterocycles. The molecule has 0 fully saturated rings. The summed E-state index contributed by atoms with van der Waals surface area (Å²) in [4.78, 5) is 4.39. The number of hydroxylamine groups is 1. The van der Waals surface area contributed by atoms with Crippen LogP contribution in [-0.2, 0) is 9.94 Å². The number of rotatable bonds is 3. The molecule has 0 saturated carbocycles. The van der Waals surface area contributed by atoms with Gasteiger partial charge in [0.2, 0.25) is 6.29 Å². The monoisotopic (exact) mass is 104 g/mol. The van der Waals surface area contributed by atoms with Crippen LogP contribution in [0.5, 0.6) is 0 Å². The van der Waals surface area contributed by atoms with Gasteiger partial charge in [-0.3, -0.25) is 4.84 Å². The fraction of sp³-hybridized carbons (Fsp3) is 1.00. The normalized spacial score (nSPS) is 14.1. The number of nitrogens with one attached hydrogen (secondary N) is 1. The Bertz CT molecular complexity index is 38.7. The molecule has 1 N–H and O–H groups in total. The van der Waals surface area contributed by atoms with E-state index in [2.05, 4.69) is 10.3 Å². The van der Waals surface area contributed by atoms with Crippen LogP contribution in [0.25, 0.3) is 0 Å². The van der Waals surface area contributed by atoms with Crippen molar-refractivity contribution in [1.82, 2.24) is 5.48 Å². The minimum atomic E-state index is -0.958. The van der Waals surface area contributed by atoms with E-state index in [1.54, 1.807) is 0 Å². The van der Waals surface area contributed by atoms with Crippen molar-refractivity contribution in [3.8, 4) is 0 Å². The minimum Gasteiger partial charge on any atom is -0.267 e. The third kappa shape index (κ3) is 5.88. The predicted octanol–water partition coefficient (Wildman–Crippen LogP) is 0.304. The van der Waals surface area contributed by atoms with E-state index >= 15 is 0 Å². The lowest BCUT2D eigenvalue weighted by molar-refractivity contribution is -0.166. The molecule has 0 aliphatic heterocycles. The summed E-state index contributed by atoms with van der Waals surface area (Å²) in [6.07, 6.45) is -0.958. The first kappa shape index (κ1) is 6.88. The van der Waals surface area contributed by atoms with Gasteiger partial charge in [-0.15, -0.1) is 0 Å². The van der Waals surface area contributed by atoms with Crippen LogP contribution >= 0.6 is 0 Å². The predicted molar refractivity (Wildman–Crippen MR) is 24.9 cm³/mol. The Balaban J connectivity index is 2.68. The molecule has 1 radical (unpaired) electrons. The smallest absolute Gasteiger partial charge is 0.207 e. The molecule has 0 spiro atoms. The van der Waals surface area contributed by atoms with Gasteiger partial charge in [0.05, 0.1) is 0 Å². The van der Waals surface area contributed by atoms with Gasteiger partial charge in [-0.05, 0) is 6.92 Å². The summed E-state index contributed by atoms with van der Waals surface area (Å²) in [7, 11) is 0. The first-order chi connectivity index (χ1) is 3.27. The Hall–Kier alpha value is -0.120. The highest BCUT2D eigenvalue weighted by Crippen LogP contribution is 1.76. The second kappa shape index (κ2) is 4.05. The maximum atomic E-state index is 10.0. The zero-order valence-electron chi connectivity index (χ0n) is 4.60. The lowest BCUT2D eigenvalue weighted by Gasteiger charge is -2.00. The van der Waals surface area contributed by atoms with Crippen molar-refractivity contribution in [2.75, 3.05) is 6.54 Å². The van der Waals surface area contributed by atoms with Gasteiger partial charge in [0.15, 0.2) is 0 Å². The topological polar surface area (TPSA) is 41.2 Å². The molecule has 0 aliphatic rings. The van der Waals surface area contributed by atoms with Gasteiger partial charge in [-0.25, -0.2) is 5.11 Å². The van der Waals surface area contributed by atoms with Crippen LogP contribution in [0.3, 0.4) is 0 Å². The molecule has 1 unspecified atom stereocenters. The fourth-order valence-corrected chi connectivity index (χ4v) is 0.201. The van der Waals surface area contributed by atoms with E-state index < -0.39 is 6.29 Å². The molecule has 0 aromatic heterocycles. The van der Waals surface area contributed by atoms with Crippen LogP contribution in [0.2, 0.25) is 0 Å². The van der Waals surface area contributed by atoms with Crippen LogP contribution < -0.4 is 5.48 Å². The molecule has 1 atom stereocenters. The summed E-state index contributed by atoms with van der Waals surface area (Å²) in [6.45, 7) is 3.97. The first-order valence-electron chi connectivity index (χ1n) is 2.31. The van der Waals surface area contributed by atoms with E-state index in [1.807, 2.05) is 6.92 Å². The van der Waals surface area contributed by atoms with Crippen molar-refractivity contribution in [2.45, 2.75) is 20.1 Å². The van der Waals surface area contributed by atoms with Crippen LogP contribution in [0, 0.1) is 0 Å². The van der Waals surface area contributed by atoms with Crippen LogP contribution in [-0.4, -0.2) is 12.8 Å². The maximum Gasteiger partial charge on any atom is 0.207 e. The van der Waals surface area contributed by atoms with Crippen molar-refractivity contribution < 1.29 is 9.94 Å². The summed E-state index contributed by atoms with van der Waals surface area (Å²) >= 11 is 0. The van der Waals surface area contributed by atoms with Crippen molar-refractivity contribution >= 4 is 0 Å². The fourth-order valence-electron chi connectivity index (χ4n) is 0.201. The van der Waals surface area contributed by atoms with Crippen molar-refractivity contribution in [3.63, 3.8) is 0 Å². The van der Waals surface area contributed by atoms with Crippen LogP contribution in [0.4, 0.5) is 0 Å². The zero-order valence-corrected chi connectivity index (χ0v) is 4.60. The molecular formula is C4H10NO2. The molecule has 0 aromatic rings. The molecule has 0 amide bonds. The summed E-state index contributed by atoms with van der Waals surface area (Å²) in [6, 6.07) is 0. The highest BCUT2D eigenvalue weighted by Gasteiger charge is 1.90. The van der Waals surface area contributed by atoms with Gasteiger partial charge in [0, 0.05) is 6.54 Å². The first-order valence-corrected chi connectivity index (χ1v) is 2.31. The van der Waals surface area contributed by atoms with E-state index in [-0.39, 0.29) is 0 Å². The Morgan fingerprint density at radius 2 is 2.43 bits per heavy atom. The third-order valence-electron chi connectivity index (χ3n) is 0.394. The summed E-state index contributed by atoms with van der Waals surface area (Å²) in [5, 5.41) is 10.0. The minimum absolute atomic E-state index is 0.673. The SMILES string of the molecule is CCNOC(C)[O]. The highest BCUT2D eigenvalue weighted by atomic mass is 16.7. The van der Waals surface area contributed by atoms with Gasteiger partial charge in [0.1, 0.15) is 0 Å². The Kier molecular flexibility index (Phi) is 3.98. The van der Waals surface area contributed by atoms with E-state index in [9.17, 15) is 5.11 Å². The lowest BCUT2D eigenvalue weighted by Crippen LogP contribution is -2.19. The Morgan fingerprint density at radius 1 is 1.86 bits per heavy atom. The molecule has 3 heteroatoms. The molecule has 43 valence electrons. The molecular weight excluding hydrogens is 94.0 g/mol. The number of hydrogen-bond donors (Lipinski definition) is 1. The van der Waals surface area contributed by atoms with Gasteiger partial charge in [-0.2, -0.15) is 5.48 Å². The zero-order chi connectivity index (χ0) is 5.70. The molecule has 0 saturated heterocycles. The molecule has 0 aliphatic carbocycles. The molecule has 7 heavy (non-hydrogen) atoms. The van der Waals surface area contributed by atoms with E-state index in [0.29, 0.717) is 6.54 Å². The number of hydrogen-bond acceptors (Lipinski definition) is 2. The Labute approximate surface area is 43.2 Å². The van der Waals surface area contributed by atoms with Gasteiger partial charge < -0.3 is 0 Å². The van der Waals surface area contributed by atoms with E-state index in [0.717, 1.165) is 0 Å². The van der Waals surface area contributed by atoms with Crippen molar-refractivity contribution in [2.24, 2.45) is 0 Å². The largest absolute Gasteiger partial charge is 0.267 e. The Morgan fingerprint density at radius 3 is 2.57 bits per heavy atom. The highest BCUT2D eigenvalue weighted by molar-refractivity contribution is 4.18. The third-order valence-corrected chi connectivity index (χ3v) is 0.394. The molecule has 3 nitrogen and oxygen atoms in total. The second-order valence-electron chi connectivity index (χ2n) is 1.18.